The molecule has 2 aromatic rings. The normalized spacial score (nSPS) is 13.6. The number of rotatable bonds is 12. The van der Waals surface area contributed by atoms with E-state index in [1.807, 2.05) is 17.1 Å². The highest BCUT2D eigenvalue weighted by molar-refractivity contribution is 5.66. The predicted octanol–water partition coefficient (Wildman–Crippen LogP) is 4.96. The number of benzene rings is 2. The summed E-state index contributed by atoms with van der Waals surface area (Å²) in [6.07, 6.45) is 5.15. The van der Waals surface area contributed by atoms with Crippen LogP contribution in [0.2, 0.25) is 0 Å². The molecule has 1 aliphatic carbocycles. The number of methoxy groups -OCH3 is 2. The van der Waals surface area contributed by atoms with Crippen LogP contribution in [-0.4, -0.2) is 60.6 Å². The lowest BCUT2D eigenvalue weighted by Gasteiger charge is -2.27. The number of non-ortho nitro benzene ring substituents is 1. The first-order valence-electron chi connectivity index (χ1n) is 11.2. The summed E-state index contributed by atoms with van der Waals surface area (Å²) in [7, 11) is 3.00. The number of hydrogen-bond donors (Lipinski definition) is 2. The summed E-state index contributed by atoms with van der Waals surface area (Å²) in [6.45, 7) is 0.946. The van der Waals surface area contributed by atoms with E-state index in [2.05, 4.69) is 20.5 Å². The Morgan fingerprint density at radius 2 is 1.47 bits per heavy atom. The highest BCUT2D eigenvalue weighted by Crippen LogP contribution is 2.41. The summed E-state index contributed by atoms with van der Waals surface area (Å²) < 4.78 is 10.9. The molecule has 0 heterocycles. The molecule has 0 unspecified atom stereocenters. The van der Waals surface area contributed by atoms with E-state index < -0.39 is 4.92 Å². The van der Waals surface area contributed by atoms with Gasteiger partial charge in [0, 0.05) is 43.1 Å². The van der Waals surface area contributed by atoms with Gasteiger partial charge in [-0.2, -0.15) is 10.2 Å². The number of nitrogens with zero attached hydrogens (tertiary/aromatic N) is 6. The number of azo groups is 2. The van der Waals surface area contributed by atoms with Crippen molar-refractivity contribution in [2.24, 2.45) is 20.5 Å². The van der Waals surface area contributed by atoms with E-state index in [0.29, 0.717) is 54.5 Å². The zero-order chi connectivity index (χ0) is 25.9. The molecule has 2 aromatic carbocycles. The van der Waals surface area contributed by atoms with Gasteiger partial charge in [0.05, 0.1) is 43.7 Å². The Morgan fingerprint density at radius 1 is 0.889 bits per heavy atom. The summed E-state index contributed by atoms with van der Waals surface area (Å²) in [5, 5.41) is 46.3. The van der Waals surface area contributed by atoms with E-state index in [-0.39, 0.29) is 18.9 Å². The SMILES string of the molecule is COc1cc(N=Nc2ccc([N+](=O)[O-])cc2)c(OC)cc1N=NC1=CC=C(N(CCO)CCO)CC1. The Morgan fingerprint density at radius 3 is 1.94 bits per heavy atom. The molecular formula is C24H28N6O6. The fourth-order valence-electron chi connectivity index (χ4n) is 3.49. The maximum Gasteiger partial charge on any atom is 0.269 e. The van der Waals surface area contributed by atoms with Gasteiger partial charge in [-0.05, 0) is 37.1 Å². The second-order valence-corrected chi connectivity index (χ2v) is 7.62. The maximum absolute atomic E-state index is 10.8. The van der Waals surface area contributed by atoms with Crippen LogP contribution in [0.3, 0.4) is 0 Å². The van der Waals surface area contributed by atoms with Crippen LogP contribution < -0.4 is 9.47 Å². The molecule has 0 bridgehead atoms. The van der Waals surface area contributed by atoms with E-state index >= 15 is 0 Å². The number of hydrogen-bond acceptors (Lipinski definition) is 11. The van der Waals surface area contributed by atoms with Crippen molar-refractivity contribution in [3.05, 3.63) is 70.1 Å². The molecule has 12 nitrogen and oxygen atoms in total. The maximum atomic E-state index is 10.8. The van der Waals surface area contributed by atoms with Gasteiger partial charge < -0.3 is 24.6 Å². The molecule has 190 valence electrons. The van der Waals surface area contributed by atoms with Crippen molar-refractivity contribution in [3.63, 3.8) is 0 Å². The van der Waals surface area contributed by atoms with Crippen LogP contribution in [-0.2, 0) is 0 Å². The lowest BCUT2D eigenvalue weighted by atomic mass is 10.1. The van der Waals surface area contributed by atoms with Crippen molar-refractivity contribution >= 4 is 22.7 Å². The summed E-state index contributed by atoms with van der Waals surface area (Å²) >= 11 is 0. The molecule has 0 radical (unpaired) electrons. The number of ether oxygens (including phenoxy) is 2. The first-order chi connectivity index (χ1) is 17.5. The lowest BCUT2D eigenvalue weighted by molar-refractivity contribution is -0.384. The van der Waals surface area contributed by atoms with Crippen molar-refractivity contribution in [2.45, 2.75) is 12.8 Å². The fourth-order valence-corrected chi connectivity index (χ4v) is 3.49. The summed E-state index contributed by atoms with van der Waals surface area (Å²) in [4.78, 5) is 12.3. The second kappa shape index (κ2) is 13.1. The van der Waals surface area contributed by atoms with Crippen LogP contribution in [0.5, 0.6) is 11.5 Å². The van der Waals surface area contributed by atoms with Crippen molar-refractivity contribution < 1.29 is 24.6 Å². The fraction of sp³-hybridized carbons (Fsp3) is 0.333. The Kier molecular flexibility index (Phi) is 9.60. The van der Waals surface area contributed by atoms with E-state index in [0.717, 1.165) is 11.4 Å². The van der Waals surface area contributed by atoms with Crippen LogP contribution in [0.25, 0.3) is 0 Å². The summed E-state index contributed by atoms with van der Waals surface area (Å²) in [5.74, 6) is 0.820. The Balaban J connectivity index is 1.79. The third-order valence-corrected chi connectivity index (χ3v) is 5.35. The van der Waals surface area contributed by atoms with Crippen molar-refractivity contribution in [2.75, 3.05) is 40.5 Å². The molecule has 3 rings (SSSR count). The monoisotopic (exact) mass is 496 g/mol. The minimum atomic E-state index is -0.482. The molecule has 0 fully saturated rings. The van der Waals surface area contributed by atoms with Gasteiger partial charge in [-0.15, -0.1) is 10.2 Å². The van der Waals surface area contributed by atoms with Gasteiger partial charge in [0.1, 0.15) is 22.9 Å². The quantitative estimate of drug-likeness (QED) is 0.239. The van der Waals surface area contributed by atoms with Gasteiger partial charge >= 0.3 is 0 Å². The molecular weight excluding hydrogens is 468 g/mol. The largest absolute Gasteiger partial charge is 0.494 e. The van der Waals surface area contributed by atoms with Crippen LogP contribution >= 0.6 is 0 Å². The van der Waals surface area contributed by atoms with E-state index in [9.17, 15) is 20.3 Å². The summed E-state index contributed by atoms with van der Waals surface area (Å²) in [5.41, 5.74) is 3.05. The van der Waals surface area contributed by atoms with E-state index in [1.54, 1.807) is 12.1 Å². The van der Waals surface area contributed by atoms with E-state index in [1.165, 1.54) is 38.5 Å². The average molecular weight is 497 g/mol. The predicted molar refractivity (Wildman–Crippen MR) is 132 cm³/mol. The van der Waals surface area contributed by atoms with Crippen molar-refractivity contribution in [1.82, 2.24) is 4.90 Å². The third kappa shape index (κ3) is 6.93. The Bertz CT molecular complexity index is 1170. The molecule has 2 N–H and O–H groups in total. The number of aliphatic hydroxyl groups excluding tert-OH is 2. The lowest BCUT2D eigenvalue weighted by Crippen LogP contribution is -2.29. The smallest absolute Gasteiger partial charge is 0.269 e. The van der Waals surface area contributed by atoms with Crippen LogP contribution in [0, 0.1) is 10.1 Å². The average Bonchev–Trinajstić information content (AvgIpc) is 2.91. The first kappa shape index (κ1) is 26.4. The highest BCUT2D eigenvalue weighted by Gasteiger charge is 2.14. The topological polar surface area (TPSA) is 155 Å². The molecule has 0 aliphatic heterocycles. The molecule has 1 aliphatic rings. The second-order valence-electron chi connectivity index (χ2n) is 7.62. The molecule has 0 spiro atoms. The third-order valence-electron chi connectivity index (χ3n) is 5.35. The van der Waals surface area contributed by atoms with Crippen molar-refractivity contribution in [1.29, 1.82) is 0 Å². The molecule has 0 amide bonds. The number of aliphatic hydroxyl groups is 2. The Labute approximate surface area is 208 Å². The number of nitro groups is 1. The number of allylic oxidation sites excluding steroid dienone is 4. The van der Waals surface area contributed by atoms with Gasteiger partial charge in [-0.3, -0.25) is 10.1 Å². The molecule has 0 atom stereocenters. The van der Waals surface area contributed by atoms with Gasteiger partial charge in [-0.1, -0.05) is 0 Å². The standard InChI is InChI=1S/C24H28N6O6/c1-35-23-16-22(28-26-18-5-9-20(10-6-18)30(33)34)24(36-2)15-21(23)27-25-17-3-7-19(8-4-17)29(11-13-31)12-14-32/h3,5-7,9-10,15-16,31-32H,4,8,11-14H2,1-2H3. The Hall–Kier alpha value is -4.16. The van der Waals surface area contributed by atoms with Crippen molar-refractivity contribution in [3.8, 4) is 11.5 Å². The zero-order valence-electron chi connectivity index (χ0n) is 20.1. The molecule has 0 saturated heterocycles. The van der Waals surface area contributed by atoms with Crippen LogP contribution in [0.4, 0.5) is 22.7 Å². The first-order valence-corrected chi connectivity index (χ1v) is 11.2. The van der Waals surface area contributed by atoms with Crippen LogP contribution in [0.1, 0.15) is 12.8 Å². The number of nitro benzene ring substituents is 1. The zero-order valence-corrected chi connectivity index (χ0v) is 20.1. The molecule has 0 aromatic heterocycles. The van der Waals surface area contributed by atoms with Gasteiger partial charge in [0.25, 0.3) is 5.69 Å². The minimum absolute atomic E-state index is 0.0126. The van der Waals surface area contributed by atoms with Crippen LogP contribution in [0.15, 0.2) is 80.4 Å². The van der Waals surface area contributed by atoms with E-state index in [4.69, 9.17) is 9.47 Å². The van der Waals surface area contributed by atoms with Gasteiger partial charge in [0.2, 0.25) is 0 Å². The minimum Gasteiger partial charge on any atom is -0.494 e. The molecule has 36 heavy (non-hydrogen) atoms. The van der Waals surface area contributed by atoms with Gasteiger partial charge in [0.15, 0.2) is 0 Å². The van der Waals surface area contributed by atoms with Gasteiger partial charge in [-0.25, -0.2) is 0 Å². The summed E-state index contributed by atoms with van der Waals surface area (Å²) in [6, 6.07) is 8.96. The molecule has 12 heteroatoms. The molecule has 0 saturated carbocycles. The highest BCUT2D eigenvalue weighted by atomic mass is 16.6.